The van der Waals surface area contributed by atoms with Gasteiger partial charge in [-0.1, -0.05) is 257 Å². The van der Waals surface area contributed by atoms with Crippen LogP contribution in [0.1, 0.15) is 271 Å². The van der Waals surface area contributed by atoms with E-state index in [0.29, 0.717) is 17.4 Å². The highest BCUT2D eigenvalue weighted by atomic mass is 31.2. The molecule has 0 radical (unpaired) electrons. The molecule has 0 fully saturated rings. The highest BCUT2D eigenvalue weighted by molar-refractivity contribution is 7.47. The normalized spacial score (nSPS) is 14.1. The fraction of sp³-hybridized carbons (Fsp3) is 0.943. The number of nitrogens with one attached hydrogen (secondary N) is 1. The van der Waals surface area contributed by atoms with Gasteiger partial charge in [-0.3, -0.25) is 13.8 Å². The van der Waals surface area contributed by atoms with Gasteiger partial charge in [0.25, 0.3) is 0 Å². The molecule has 0 aromatic rings. The van der Waals surface area contributed by atoms with Gasteiger partial charge in [-0.05, 0) is 19.3 Å². The van der Waals surface area contributed by atoms with E-state index in [2.05, 4.69) is 19.2 Å². The maximum atomic E-state index is 12.9. The Bertz CT molecular complexity index is 1020. The molecule has 0 aromatic carbocycles. The van der Waals surface area contributed by atoms with Crippen LogP contribution in [0.5, 0.6) is 0 Å². The number of nitrogens with zero attached hydrogens (tertiary/aromatic N) is 1. The second kappa shape index (κ2) is 45.4. The molecule has 0 saturated carbocycles. The van der Waals surface area contributed by atoms with E-state index >= 15 is 0 Å². The number of aliphatic hydroxyl groups excluding tert-OH is 1. The minimum atomic E-state index is -4.34. The molecule has 0 rings (SSSR count). The quantitative estimate of drug-likeness (QED) is 0.0243. The molecule has 1 unspecified atom stereocenters. The van der Waals surface area contributed by atoms with Crippen molar-refractivity contribution in [3.05, 3.63) is 12.2 Å². The lowest BCUT2D eigenvalue weighted by Crippen LogP contribution is -2.45. The van der Waals surface area contributed by atoms with Gasteiger partial charge in [0.1, 0.15) is 13.2 Å². The average molecular weight is 900 g/mol. The summed E-state index contributed by atoms with van der Waals surface area (Å²) in [5.41, 5.74) is 0. The van der Waals surface area contributed by atoms with Crippen molar-refractivity contribution in [2.75, 3.05) is 40.9 Å². The first-order chi connectivity index (χ1) is 30.0. The van der Waals surface area contributed by atoms with Gasteiger partial charge in [-0.25, -0.2) is 4.57 Å². The van der Waals surface area contributed by atoms with Crippen LogP contribution >= 0.6 is 7.82 Å². The fourth-order valence-electron chi connectivity index (χ4n) is 8.22. The van der Waals surface area contributed by atoms with Gasteiger partial charge in [-0.15, -0.1) is 0 Å². The average Bonchev–Trinajstić information content (AvgIpc) is 3.23. The van der Waals surface area contributed by atoms with E-state index in [-0.39, 0.29) is 19.1 Å². The Balaban J connectivity index is 4.16. The lowest BCUT2D eigenvalue weighted by molar-refractivity contribution is -0.870. The number of quaternary nitrogens is 1. The van der Waals surface area contributed by atoms with Crippen molar-refractivity contribution >= 4 is 13.7 Å². The SMILES string of the molecule is CCCCCCCCCCCCCCC/C=C/[C@@H](O)[C@H](COP(=O)(O)OCC[N+](C)(C)C)NC(=O)CCCCCCCCCCCCCCCCCCCCCCCCCCC. The number of hydrogen-bond donors (Lipinski definition) is 3. The van der Waals surface area contributed by atoms with Crippen molar-refractivity contribution in [1.82, 2.24) is 5.32 Å². The molecule has 62 heavy (non-hydrogen) atoms. The molecule has 0 saturated heterocycles. The number of phosphoric ester groups is 1. The molecule has 0 heterocycles. The van der Waals surface area contributed by atoms with Gasteiger partial charge in [0.2, 0.25) is 5.91 Å². The molecule has 0 aliphatic heterocycles. The van der Waals surface area contributed by atoms with E-state index in [1.807, 2.05) is 27.2 Å². The largest absolute Gasteiger partial charge is 0.472 e. The molecule has 0 aliphatic carbocycles. The molecule has 0 bridgehead atoms. The van der Waals surface area contributed by atoms with Crippen LogP contribution in [-0.4, -0.2) is 73.4 Å². The van der Waals surface area contributed by atoms with Gasteiger partial charge >= 0.3 is 7.82 Å². The Labute approximate surface area is 386 Å². The monoisotopic (exact) mass is 900 g/mol. The molecular formula is C53H108N2O6P+. The van der Waals surface area contributed by atoms with Crippen molar-refractivity contribution in [2.45, 2.75) is 283 Å². The zero-order chi connectivity index (χ0) is 45.7. The Morgan fingerprint density at radius 1 is 0.532 bits per heavy atom. The Kier molecular flexibility index (Phi) is 44.8. The molecule has 0 aliphatic rings. The number of aliphatic hydroxyl groups is 1. The minimum Gasteiger partial charge on any atom is -0.387 e. The van der Waals surface area contributed by atoms with Crippen LogP contribution in [0.25, 0.3) is 0 Å². The van der Waals surface area contributed by atoms with E-state index < -0.39 is 20.0 Å². The van der Waals surface area contributed by atoms with Gasteiger partial charge in [0.05, 0.1) is 39.9 Å². The number of carbonyl (C=O) groups excluding carboxylic acids is 1. The second-order valence-electron chi connectivity index (χ2n) is 20.0. The first-order valence-corrected chi connectivity index (χ1v) is 28.6. The van der Waals surface area contributed by atoms with E-state index in [9.17, 15) is 19.4 Å². The van der Waals surface area contributed by atoms with Crippen molar-refractivity contribution in [3.63, 3.8) is 0 Å². The molecule has 0 aromatic heterocycles. The third-order valence-corrected chi connectivity index (χ3v) is 13.5. The van der Waals surface area contributed by atoms with E-state index in [1.165, 1.54) is 218 Å². The van der Waals surface area contributed by atoms with Gasteiger partial charge in [0.15, 0.2) is 0 Å². The molecule has 370 valence electrons. The summed E-state index contributed by atoms with van der Waals surface area (Å²) in [7, 11) is 1.59. The summed E-state index contributed by atoms with van der Waals surface area (Å²) < 4.78 is 23.7. The summed E-state index contributed by atoms with van der Waals surface area (Å²) >= 11 is 0. The Morgan fingerprint density at radius 3 is 1.19 bits per heavy atom. The smallest absolute Gasteiger partial charge is 0.387 e. The van der Waals surface area contributed by atoms with Crippen molar-refractivity contribution in [3.8, 4) is 0 Å². The first-order valence-electron chi connectivity index (χ1n) is 27.1. The topological polar surface area (TPSA) is 105 Å². The summed E-state index contributed by atoms with van der Waals surface area (Å²) in [6.07, 6.45) is 54.4. The lowest BCUT2D eigenvalue weighted by Gasteiger charge is -2.25. The van der Waals surface area contributed by atoms with Crippen molar-refractivity contribution in [1.29, 1.82) is 0 Å². The predicted octanol–water partition coefficient (Wildman–Crippen LogP) is 15.9. The number of likely N-dealkylation sites (N-methyl/N-ethyl adjacent to an activating group) is 1. The second-order valence-corrected chi connectivity index (χ2v) is 21.4. The predicted molar refractivity (Wildman–Crippen MR) is 268 cm³/mol. The number of phosphoric acid groups is 1. The maximum absolute atomic E-state index is 12.9. The van der Waals surface area contributed by atoms with E-state index in [0.717, 1.165) is 32.1 Å². The number of rotatable bonds is 50. The van der Waals surface area contributed by atoms with Crippen LogP contribution in [0, 0.1) is 0 Å². The number of unbranched alkanes of at least 4 members (excludes halogenated alkanes) is 37. The fourth-order valence-corrected chi connectivity index (χ4v) is 8.96. The molecule has 8 nitrogen and oxygen atoms in total. The van der Waals surface area contributed by atoms with Crippen LogP contribution < -0.4 is 5.32 Å². The van der Waals surface area contributed by atoms with Gasteiger partial charge in [0, 0.05) is 6.42 Å². The van der Waals surface area contributed by atoms with Crippen LogP contribution in [0.4, 0.5) is 0 Å². The van der Waals surface area contributed by atoms with Crippen molar-refractivity contribution in [2.24, 2.45) is 0 Å². The minimum absolute atomic E-state index is 0.0650. The first kappa shape index (κ1) is 61.2. The molecule has 9 heteroatoms. The van der Waals surface area contributed by atoms with Gasteiger partial charge < -0.3 is 19.8 Å². The summed E-state index contributed by atoms with van der Waals surface area (Å²) in [5, 5.41) is 13.9. The Hall–Kier alpha value is -0.760. The number of hydrogen-bond acceptors (Lipinski definition) is 5. The van der Waals surface area contributed by atoms with Crippen LogP contribution in [0.15, 0.2) is 12.2 Å². The van der Waals surface area contributed by atoms with Gasteiger partial charge in [-0.2, -0.15) is 0 Å². The summed E-state index contributed by atoms with van der Waals surface area (Å²) in [4.78, 5) is 23.2. The summed E-state index contributed by atoms with van der Waals surface area (Å²) in [6.45, 7) is 4.85. The number of amides is 1. The molecule has 0 spiro atoms. The Morgan fingerprint density at radius 2 is 0.855 bits per heavy atom. The number of allylic oxidation sites excluding steroid dienone is 1. The maximum Gasteiger partial charge on any atom is 0.472 e. The van der Waals surface area contributed by atoms with Crippen LogP contribution in [0.3, 0.4) is 0 Å². The molecule has 1 amide bonds. The van der Waals surface area contributed by atoms with E-state index in [4.69, 9.17) is 9.05 Å². The summed E-state index contributed by atoms with van der Waals surface area (Å²) in [6, 6.07) is -0.841. The third kappa shape index (κ3) is 47.2. The third-order valence-electron chi connectivity index (χ3n) is 12.5. The van der Waals surface area contributed by atoms with Crippen LogP contribution in [-0.2, 0) is 18.4 Å². The zero-order valence-corrected chi connectivity index (χ0v) is 43.0. The standard InChI is InChI=1S/C53H107N2O6P/c1-6-8-10-12-14-16-18-20-22-23-24-25-26-27-28-29-30-31-33-35-37-39-41-43-45-47-53(57)54-51(50-61-62(58,59)60-49-48-55(3,4)5)52(56)46-44-42-40-38-36-34-32-21-19-17-15-13-11-9-7-2/h44,46,51-52,56H,6-43,45,47-50H2,1-5H3,(H-,54,57,58,59)/p+1/b46-44+/t51-,52+/m0/s1. The number of carbonyl (C=O) groups is 1. The van der Waals surface area contributed by atoms with E-state index in [1.54, 1.807) is 6.08 Å². The zero-order valence-electron chi connectivity index (χ0n) is 42.1. The lowest BCUT2D eigenvalue weighted by atomic mass is 10.0. The van der Waals surface area contributed by atoms with Crippen molar-refractivity contribution < 1.29 is 32.9 Å². The highest BCUT2D eigenvalue weighted by Crippen LogP contribution is 2.43. The summed E-state index contributed by atoms with van der Waals surface area (Å²) in [5.74, 6) is -0.171. The van der Waals surface area contributed by atoms with Crippen LogP contribution in [0.2, 0.25) is 0 Å². The molecule has 3 N–H and O–H groups in total. The highest BCUT2D eigenvalue weighted by Gasteiger charge is 2.27. The molecular weight excluding hydrogens is 792 g/mol. The molecule has 3 atom stereocenters.